The molecule has 0 spiro atoms. The highest BCUT2D eigenvalue weighted by atomic mass is 16.5. The summed E-state index contributed by atoms with van der Waals surface area (Å²) in [5, 5.41) is 3.90. The second-order valence-electron chi connectivity index (χ2n) is 5.46. The summed E-state index contributed by atoms with van der Waals surface area (Å²) in [6.07, 6.45) is 0. The Labute approximate surface area is 107 Å². The molecule has 0 atom stereocenters. The van der Waals surface area contributed by atoms with Crippen molar-refractivity contribution in [3.8, 4) is 11.3 Å². The van der Waals surface area contributed by atoms with E-state index < -0.39 is 0 Å². The number of hydrogen-bond donors (Lipinski definition) is 0. The van der Waals surface area contributed by atoms with E-state index in [-0.39, 0.29) is 11.2 Å². The fourth-order valence-electron chi connectivity index (χ4n) is 1.72. The van der Waals surface area contributed by atoms with Crippen molar-refractivity contribution in [1.29, 1.82) is 0 Å². The predicted octanol–water partition coefficient (Wildman–Crippen LogP) is 3.84. The minimum atomic E-state index is -0.111. The summed E-state index contributed by atoms with van der Waals surface area (Å²) < 4.78 is 4.98. The van der Waals surface area contributed by atoms with Gasteiger partial charge in [-0.3, -0.25) is 4.79 Å². The van der Waals surface area contributed by atoms with Gasteiger partial charge in [-0.25, -0.2) is 0 Å². The predicted molar refractivity (Wildman–Crippen MR) is 70.6 cm³/mol. The summed E-state index contributed by atoms with van der Waals surface area (Å²) in [5.41, 5.74) is 3.05. The van der Waals surface area contributed by atoms with Crippen LogP contribution < -0.4 is 0 Å². The molecule has 0 fully saturated rings. The van der Waals surface area contributed by atoms with Crippen molar-refractivity contribution in [3.05, 3.63) is 41.7 Å². The van der Waals surface area contributed by atoms with Gasteiger partial charge >= 0.3 is 0 Å². The third-order valence-corrected chi connectivity index (χ3v) is 2.90. The maximum atomic E-state index is 11.1. The average molecular weight is 243 g/mol. The van der Waals surface area contributed by atoms with Gasteiger partial charge in [0.1, 0.15) is 5.69 Å². The number of benzene rings is 1. The van der Waals surface area contributed by atoms with Crippen molar-refractivity contribution >= 4 is 5.78 Å². The summed E-state index contributed by atoms with van der Waals surface area (Å²) in [6.45, 7) is 7.98. The van der Waals surface area contributed by atoms with Crippen LogP contribution in [0, 0.1) is 0 Å². The Bertz CT molecular complexity index is 559. The summed E-state index contributed by atoms with van der Waals surface area (Å²) >= 11 is 0. The normalized spacial score (nSPS) is 11.6. The van der Waals surface area contributed by atoms with Crippen LogP contribution in [0.2, 0.25) is 0 Å². The largest absolute Gasteiger partial charge is 0.353 e. The Kier molecular flexibility index (Phi) is 3.07. The van der Waals surface area contributed by atoms with E-state index in [0.29, 0.717) is 11.5 Å². The van der Waals surface area contributed by atoms with Gasteiger partial charge in [-0.15, -0.1) is 0 Å². The Balaban J connectivity index is 2.31. The van der Waals surface area contributed by atoms with Crippen LogP contribution in [-0.4, -0.2) is 10.9 Å². The third-order valence-electron chi connectivity index (χ3n) is 2.90. The third kappa shape index (κ3) is 2.50. The van der Waals surface area contributed by atoms with Gasteiger partial charge in [0.25, 0.3) is 0 Å². The van der Waals surface area contributed by atoms with Crippen LogP contribution in [0.15, 0.2) is 34.9 Å². The maximum absolute atomic E-state index is 11.1. The van der Waals surface area contributed by atoms with Gasteiger partial charge < -0.3 is 4.52 Å². The molecular weight excluding hydrogens is 226 g/mol. The number of ketones is 1. The van der Waals surface area contributed by atoms with Crippen LogP contribution >= 0.6 is 0 Å². The zero-order chi connectivity index (χ0) is 13.3. The van der Waals surface area contributed by atoms with Crippen LogP contribution in [0.3, 0.4) is 0 Å². The van der Waals surface area contributed by atoms with E-state index in [2.05, 4.69) is 38.1 Å². The molecule has 0 aliphatic rings. The molecule has 2 aromatic rings. The van der Waals surface area contributed by atoms with Gasteiger partial charge in [0.2, 0.25) is 5.76 Å². The van der Waals surface area contributed by atoms with Crippen molar-refractivity contribution in [2.24, 2.45) is 0 Å². The number of carbonyl (C=O) groups excluding carboxylic acids is 1. The Morgan fingerprint density at radius 1 is 1.17 bits per heavy atom. The molecule has 0 saturated heterocycles. The quantitative estimate of drug-likeness (QED) is 0.752. The summed E-state index contributed by atoms with van der Waals surface area (Å²) in [7, 11) is 0. The molecule has 94 valence electrons. The van der Waals surface area contributed by atoms with Crippen molar-refractivity contribution in [3.63, 3.8) is 0 Å². The Hall–Kier alpha value is -1.90. The zero-order valence-corrected chi connectivity index (χ0v) is 11.2. The number of rotatable bonds is 2. The number of nitrogens with zero attached hydrogens (tertiary/aromatic N) is 1. The summed E-state index contributed by atoms with van der Waals surface area (Å²) in [5.74, 6) is 0.185. The van der Waals surface area contributed by atoms with E-state index in [1.54, 1.807) is 6.07 Å². The molecule has 0 amide bonds. The van der Waals surface area contributed by atoms with Gasteiger partial charge in [-0.2, -0.15) is 0 Å². The first-order valence-corrected chi connectivity index (χ1v) is 5.96. The topological polar surface area (TPSA) is 43.1 Å². The molecule has 0 aliphatic heterocycles. The number of Topliss-reactive ketones (excluding diaryl/α,β-unsaturated/α-hetero) is 1. The van der Waals surface area contributed by atoms with Crippen molar-refractivity contribution < 1.29 is 9.32 Å². The number of aromatic nitrogens is 1. The van der Waals surface area contributed by atoms with E-state index in [4.69, 9.17) is 4.52 Å². The SMILES string of the molecule is CC(=O)c1cc(-c2ccc(C(C)(C)C)cc2)no1. The van der Waals surface area contributed by atoms with Crippen molar-refractivity contribution in [2.45, 2.75) is 33.1 Å². The molecule has 0 unspecified atom stereocenters. The molecule has 1 aromatic heterocycles. The second kappa shape index (κ2) is 4.41. The molecule has 0 N–H and O–H groups in total. The molecule has 3 heteroatoms. The molecule has 1 heterocycles. The molecule has 3 nitrogen and oxygen atoms in total. The molecular formula is C15H17NO2. The number of carbonyl (C=O) groups is 1. The zero-order valence-electron chi connectivity index (χ0n) is 11.2. The summed E-state index contributed by atoms with van der Waals surface area (Å²) in [4.78, 5) is 11.1. The smallest absolute Gasteiger partial charge is 0.202 e. The maximum Gasteiger partial charge on any atom is 0.202 e. The lowest BCUT2D eigenvalue weighted by Crippen LogP contribution is -2.10. The highest BCUT2D eigenvalue weighted by molar-refractivity contribution is 5.92. The fourth-order valence-corrected chi connectivity index (χ4v) is 1.72. The van der Waals surface area contributed by atoms with Gasteiger partial charge in [-0.05, 0) is 11.0 Å². The van der Waals surface area contributed by atoms with Crippen LogP contribution in [0.1, 0.15) is 43.8 Å². The molecule has 0 saturated carbocycles. The highest BCUT2D eigenvalue weighted by Gasteiger charge is 2.14. The Morgan fingerprint density at radius 3 is 2.22 bits per heavy atom. The van der Waals surface area contributed by atoms with Gasteiger partial charge in [-0.1, -0.05) is 50.2 Å². The van der Waals surface area contributed by atoms with Gasteiger partial charge in [0, 0.05) is 18.6 Å². The van der Waals surface area contributed by atoms with E-state index in [9.17, 15) is 4.79 Å². The van der Waals surface area contributed by atoms with Crippen LogP contribution in [0.4, 0.5) is 0 Å². The monoisotopic (exact) mass is 243 g/mol. The summed E-state index contributed by atoms with van der Waals surface area (Å²) in [6, 6.07) is 9.84. The van der Waals surface area contributed by atoms with Gasteiger partial charge in [0.15, 0.2) is 5.78 Å². The van der Waals surface area contributed by atoms with E-state index >= 15 is 0 Å². The number of hydrogen-bond acceptors (Lipinski definition) is 3. The van der Waals surface area contributed by atoms with E-state index in [1.807, 2.05) is 12.1 Å². The molecule has 0 radical (unpaired) electrons. The standard InChI is InChI=1S/C15H17NO2/c1-10(17)14-9-13(16-18-14)11-5-7-12(8-6-11)15(2,3)4/h5-9H,1-4H3. The minimum absolute atomic E-state index is 0.111. The first-order valence-electron chi connectivity index (χ1n) is 5.96. The lowest BCUT2D eigenvalue weighted by Gasteiger charge is -2.18. The Morgan fingerprint density at radius 2 is 1.78 bits per heavy atom. The van der Waals surface area contributed by atoms with Crippen molar-refractivity contribution in [1.82, 2.24) is 5.16 Å². The van der Waals surface area contributed by atoms with Crippen molar-refractivity contribution in [2.75, 3.05) is 0 Å². The average Bonchev–Trinajstić information content (AvgIpc) is 2.77. The van der Waals surface area contributed by atoms with Crippen LogP contribution in [0.5, 0.6) is 0 Å². The first kappa shape index (κ1) is 12.6. The van der Waals surface area contributed by atoms with Gasteiger partial charge in [0.05, 0.1) is 0 Å². The van der Waals surface area contributed by atoms with Crippen LogP contribution in [-0.2, 0) is 5.41 Å². The fraction of sp³-hybridized carbons (Fsp3) is 0.333. The lowest BCUT2D eigenvalue weighted by atomic mass is 9.86. The molecule has 1 aromatic carbocycles. The molecule has 18 heavy (non-hydrogen) atoms. The molecule has 0 bridgehead atoms. The van der Waals surface area contributed by atoms with E-state index in [0.717, 1.165) is 5.56 Å². The second-order valence-corrected chi connectivity index (χ2v) is 5.46. The molecule has 0 aliphatic carbocycles. The van der Waals surface area contributed by atoms with Crippen LogP contribution in [0.25, 0.3) is 11.3 Å². The lowest BCUT2D eigenvalue weighted by molar-refractivity contribution is 0.0978. The molecule has 2 rings (SSSR count). The minimum Gasteiger partial charge on any atom is -0.353 e. The first-order chi connectivity index (χ1) is 8.38. The highest BCUT2D eigenvalue weighted by Crippen LogP contribution is 2.25. The van der Waals surface area contributed by atoms with E-state index in [1.165, 1.54) is 12.5 Å².